The first-order chi connectivity index (χ1) is 7.68. The van der Waals surface area contributed by atoms with Gasteiger partial charge in [0.1, 0.15) is 11.9 Å². The third kappa shape index (κ3) is 1.22. The van der Waals surface area contributed by atoms with Crippen molar-refractivity contribution in [3.05, 3.63) is 34.6 Å². The van der Waals surface area contributed by atoms with E-state index in [1.807, 2.05) is 0 Å². The molecule has 1 aliphatic heterocycles. The molecule has 0 aromatic carbocycles. The first kappa shape index (κ1) is 9.88. The Kier molecular flexibility index (Phi) is 2.06. The molecule has 3 aliphatic rings. The van der Waals surface area contributed by atoms with Gasteiger partial charge in [-0.2, -0.15) is 0 Å². The summed E-state index contributed by atoms with van der Waals surface area (Å²) < 4.78 is 5.88. The second-order valence-corrected chi connectivity index (χ2v) is 4.99. The van der Waals surface area contributed by atoms with Crippen molar-refractivity contribution >= 4 is 5.78 Å². The molecule has 2 nitrogen and oxygen atoms in total. The minimum absolute atomic E-state index is 0.0944. The highest BCUT2D eigenvalue weighted by Gasteiger charge is 2.44. The molecule has 16 heavy (non-hydrogen) atoms. The van der Waals surface area contributed by atoms with Crippen LogP contribution in [0.4, 0.5) is 0 Å². The minimum Gasteiger partial charge on any atom is -0.489 e. The first-order valence-corrected chi connectivity index (χ1v) is 5.97. The second kappa shape index (κ2) is 3.34. The van der Waals surface area contributed by atoms with E-state index in [1.54, 1.807) is 0 Å². The van der Waals surface area contributed by atoms with Crippen molar-refractivity contribution in [2.45, 2.75) is 39.2 Å². The van der Waals surface area contributed by atoms with Crippen molar-refractivity contribution in [1.82, 2.24) is 0 Å². The van der Waals surface area contributed by atoms with Crippen molar-refractivity contribution in [2.75, 3.05) is 0 Å². The van der Waals surface area contributed by atoms with Crippen LogP contribution in [0.1, 0.15) is 33.1 Å². The molecule has 0 saturated heterocycles. The van der Waals surface area contributed by atoms with Crippen molar-refractivity contribution in [1.29, 1.82) is 0 Å². The third-order valence-corrected chi connectivity index (χ3v) is 3.70. The fourth-order valence-electron chi connectivity index (χ4n) is 2.96. The number of carbonyl (C=O) groups is 1. The van der Waals surface area contributed by atoms with Crippen molar-refractivity contribution in [3.63, 3.8) is 0 Å². The van der Waals surface area contributed by atoms with Gasteiger partial charge in [0.2, 0.25) is 0 Å². The van der Waals surface area contributed by atoms with Crippen LogP contribution >= 0.6 is 0 Å². The fraction of sp³-hybridized carbons (Fsp3) is 0.500. The maximum Gasteiger partial charge on any atom is 0.163 e. The Labute approximate surface area is 95.7 Å². The van der Waals surface area contributed by atoms with Crippen molar-refractivity contribution in [3.8, 4) is 0 Å². The minimum atomic E-state index is 0.0944. The lowest BCUT2D eigenvalue weighted by Gasteiger charge is -2.16. The van der Waals surface area contributed by atoms with Crippen LogP contribution in [-0.4, -0.2) is 11.9 Å². The van der Waals surface area contributed by atoms with Gasteiger partial charge in [-0.1, -0.05) is 11.6 Å². The highest BCUT2D eigenvalue weighted by Crippen LogP contribution is 2.46. The summed E-state index contributed by atoms with van der Waals surface area (Å²) >= 11 is 0. The smallest absolute Gasteiger partial charge is 0.163 e. The van der Waals surface area contributed by atoms with Gasteiger partial charge < -0.3 is 4.74 Å². The first-order valence-electron chi connectivity index (χ1n) is 5.97. The molecule has 2 heteroatoms. The number of Topliss-reactive ketones (excluding diaryl/α,β-unsaturated/α-hetero) is 1. The highest BCUT2D eigenvalue weighted by atomic mass is 16.5. The van der Waals surface area contributed by atoms with Gasteiger partial charge in [0.05, 0.1) is 5.92 Å². The van der Waals surface area contributed by atoms with Crippen LogP contribution in [0, 0.1) is 5.92 Å². The molecule has 2 aliphatic carbocycles. The van der Waals surface area contributed by atoms with Crippen molar-refractivity contribution in [2.24, 2.45) is 5.92 Å². The van der Waals surface area contributed by atoms with Gasteiger partial charge in [-0.25, -0.2) is 0 Å². The molecule has 84 valence electrons. The summed E-state index contributed by atoms with van der Waals surface area (Å²) in [6.45, 7) is 4.21. The topological polar surface area (TPSA) is 26.3 Å². The van der Waals surface area contributed by atoms with Crippen molar-refractivity contribution < 1.29 is 9.53 Å². The zero-order chi connectivity index (χ0) is 11.3. The fourth-order valence-corrected chi connectivity index (χ4v) is 2.96. The Hall–Kier alpha value is -1.31. The molecular weight excluding hydrogens is 200 g/mol. The number of allylic oxidation sites excluding steroid dienone is 3. The SMILES string of the molecule is CC(C)=C1C=C[C@@H]2OC3=C(C(=O)CCC3)[C@H]12. The molecule has 0 aromatic rings. The predicted octanol–water partition coefficient (Wildman–Crippen LogP) is 2.91. The summed E-state index contributed by atoms with van der Waals surface area (Å²) in [5, 5.41) is 0. The lowest BCUT2D eigenvalue weighted by Crippen LogP contribution is -2.19. The molecule has 0 spiro atoms. The molecule has 0 fully saturated rings. The van der Waals surface area contributed by atoms with Gasteiger partial charge >= 0.3 is 0 Å². The molecule has 3 rings (SSSR count). The largest absolute Gasteiger partial charge is 0.489 e. The monoisotopic (exact) mass is 216 g/mol. The van der Waals surface area contributed by atoms with Gasteiger partial charge in [-0.05, 0) is 31.9 Å². The molecule has 0 unspecified atom stereocenters. The number of fused-ring (bicyclic) bond motifs is 2. The number of ketones is 1. The van der Waals surface area contributed by atoms with E-state index in [9.17, 15) is 4.79 Å². The van der Waals surface area contributed by atoms with Crippen LogP contribution in [0.25, 0.3) is 0 Å². The van der Waals surface area contributed by atoms with Crippen LogP contribution < -0.4 is 0 Å². The Morgan fingerprint density at radius 1 is 1.38 bits per heavy atom. The maximum absolute atomic E-state index is 12.0. The van der Waals surface area contributed by atoms with Gasteiger partial charge in [-0.15, -0.1) is 0 Å². The molecule has 2 atom stereocenters. The Bertz CT molecular complexity index is 447. The summed E-state index contributed by atoms with van der Waals surface area (Å²) in [4.78, 5) is 12.0. The molecule has 0 aromatic heterocycles. The number of rotatable bonds is 0. The van der Waals surface area contributed by atoms with E-state index in [-0.39, 0.29) is 12.0 Å². The third-order valence-electron chi connectivity index (χ3n) is 3.70. The van der Waals surface area contributed by atoms with E-state index < -0.39 is 0 Å². The zero-order valence-corrected chi connectivity index (χ0v) is 9.75. The van der Waals surface area contributed by atoms with E-state index >= 15 is 0 Å². The quantitative estimate of drug-likeness (QED) is 0.622. The van der Waals surface area contributed by atoms with Crippen LogP contribution in [0.15, 0.2) is 34.6 Å². The number of hydrogen-bond donors (Lipinski definition) is 0. The van der Waals surface area contributed by atoms with E-state index in [0.717, 1.165) is 24.2 Å². The zero-order valence-electron chi connectivity index (χ0n) is 9.75. The summed E-state index contributed by atoms with van der Waals surface area (Å²) in [7, 11) is 0. The van der Waals surface area contributed by atoms with Crippen LogP contribution in [0.2, 0.25) is 0 Å². The average molecular weight is 216 g/mol. The van der Waals surface area contributed by atoms with E-state index in [4.69, 9.17) is 4.74 Å². The molecule has 0 N–H and O–H groups in total. The number of hydrogen-bond acceptors (Lipinski definition) is 2. The van der Waals surface area contributed by atoms with Gasteiger partial charge in [-0.3, -0.25) is 4.79 Å². The average Bonchev–Trinajstić information content (AvgIpc) is 2.74. The lowest BCUT2D eigenvalue weighted by atomic mass is 9.83. The molecular formula is C14H16O2. The Morgan fingerprint density at radius 3 is 2.94 bits per heavy atom. The summed E-state index contributed by atoms with van der Waals surface area (Å²) in [6.07, 6.45) is 6.90. The number of carbonyl (C=O) groups excluding carboxylic acids is 1. The van der Waals surface area contributed by atoms with E-state index in [0.29, 0.717) is 12.2 Å². The normalized spacial score (nSPS) is 31.6. The highest BCUT2D eigenvalue weighted by molar-refractivity contribution is 5.98. The van der Waals surface area contributed by atoms with E-state index in [2.05, 4.69) is 26.0 Å². The maximum atomic E-state index is 12.0. The summed E-state index contributed by atoms with van der Waals surface area (Å²) in [5.41, 5.74) is 3.54. The lowest BCUT2D eigenvalue weighted by molar-refractivity contribution is -0.116. The van der Waals surface area contributed by atoms with Gasteiger partial charge in [0.25, 0.3) is 0 Å². The number of ether oxygens (including phenoxy) is 1. The molecule has 0 radical (unpaired) electrons. The molecule has 0 bridgehead atoms. The molecule has 0 saturated carbocycles. The van der Waals surface area contributed by atoms with Crippen LogP contribution in [-0.2, 0) is 9.53 Å². The van der Waals surface area contributed by atoms with Crippen LogP contribution in [0.3, 0.4) is 0 Å². The Balaban J connectivity index is 2.07. The predicted molar refractivity (Wildman–Crippen MR) is 61.8 cm³/mol. The van der Waals surface area contributed by atoms with Crippen LogP contribution in [0.5, 0.6) is 0 Å². The standard InChI is InChI=1S/C14H16O2/c1-8(2)9-6-7-12-13(9)14-10(15)4-3-5-11(14)16-12/h6-7,12-13H,3-5H2,1-2H3/t12-,13+/m0/s1. The summed E-state index contributed by atoms with van der Waals surface area (Å²) in [6, 6.07) is 0. The Morgan fingerprint density at radius 2 is 2.19 bits per heavy atom. The van der Waals surface area contributed by atoms with E-state index in [1.165, 1.54) is 11.1 Å². The molecule has 0 amide bonds. The molecule has 1 heterocycles. The summed E-state index contributed by atoms with van der Waals surface area (Å²) in [5.74, 6) is 1.47. The van der Waals surface area contributed by atoms with Gasteiger partial charge in [0, 0.05) is 18.4 Å². The van der Waals surface area contributed by atoms with Gasteiger partial charge in [0.15, 0.2) is 5.78 Å². The second-order valence-electron chi connectivity index (χ2n) is 4.99.